The van der Waals surface area contributed by atoms with E-state index in [2.05, 4.69) is 31.0 Å². The molecule has 1 N–H and O–H groups in total. The van der Waals surface area contributed by atoms with Crippen LogP contribution in [0, 0.1) is 5.92 Å². The van der Waals surface area contributed by atoms with Crippen LogP contribution in [0.5, 0.6) is 0 Å². The van der Waals surface area contributed by atoms with Gasteiger partial charge in [0, 0.05) is 18.6 Å². The molecule has 0 aromatic rings. The van der Waals surface area contributed by atoms with Crippen LogP contribution in [0.3, 0.4) is 0 Å². The fourth-order valence-corrected chi connectivity index (χ4v) is 1.93. The summed E-state index contributed by atoms with van der Waals surface area (Å²) in [6, 6.07) is 0.933. The van der Waals surface area contributed by atoms with Gasteiger partial charge in [0.15, 0.2) is 0 Å². The number of carbonyl (C=O) groups is 1. The Morgan fingerprint density at radius 1 is 1.60 bits per heavy atom. The largest absolute Gasteiger partial charge is 0.452 e. The molecule has 2 unspecified atom stereocenters. The van der Waals surface area contributed by atoms with Crippen molar-refractivity contribution in [2.24, 2.45) is 5.92 Å². The third kappa shape index (κ3) is 3.80. The zero-order valence-electron chi connectivity index (χ0n) is 9.90. The summed E-state index contributed by atoms with van der Waals surface area (Å²) < 4.78 is 4.82. The highest BCUT2D eigenvalue weighted by Crippen LogP contribution is 2.16. The van der Waals surface area contributed by atoms with E-state index in [1.54, 1.807) is 0 Å². The molecule has 0 spiro atoms. The van der Waals surface area contributed by atoms with Gasteiger partial charge < -0.3 is 10.1 Å². The Morgan fingerprint density at radius 3 is 2.80 bits per heavy atom. The van der Waals surface area contributed by atoms with Gasteiger partial charge in [0.1, 0.15) is 6.73 Å². The highest BCUT2D eigenvalue weighted by atomic mass is 16.5. The highest BCUT2D eigenvalue weighted by Gasteiger charge is 2.25. The van der Waals surface area contributed by atoms with Crippen LogP contribution in [0.15, 0.2) is 0 Å². The molecule has 1 fully saturated rings. The Kier molecular flexibility index (Phi) is 5.05. The number of nitrogens with one attached hydrogen (secondary N) is 1. The molecular formula is C11H22N2O2. The predicted molar refractivity (Wildman–Crippen MR) is 59.4 cm³/mol. The van der Waals surface area contributed by atoms with Crippen molar-refractivity contribution in [1.29, 1.82) is 0 Å². The molecule has 1 saturated heterocycles. The molecule has 2 atom stereocenters. The van der Waals surface area contributed by atoms with Gasteiger partial charge in [0.2, 0.25) is 0 Å². The Labute approximate surface area is 92.0 Å². The Bertz CT molecular complexity index is 197. The van der Waals surface area contributed by atoms with Gasteiger partial charge in [-0.15, -0.1) is 0 Å². The summed E-state index contributed by atoms with van der Waals surface area (Å²) in [5, 5.41) is 3.48. The van der Waals surface area contributed by atoms with Crippen molar-refractivity contribution in [3.8, 4) is 0 Å². The third-order valence-corrected chi connectivity index (χ3v) is 3.16. The minimum Gasteiger partial charge on any atom is -0.452 e. The summed E-state index contributed by atoms with van der Waals surface area (Å²) in [5.41, 5.74) is 0. The molecule has 15 heavy (non-hydrogen) atoms. The summed E-state index contributed by atoms with van der Waals surface area (Å²) in [4.78, 5) is 12.3. The fourth-order valence-electron chi connectivity index (χ4n) is 1.93. The third-order valence-electron chi connectivity index (χ3n) is 3.16. The van der Waals surface area contributed by atoms with E-state index in [1.165, 1.54) is 6.42 Å². The number of carbonyl (C=O) groups excluding carboxylic acids is 1. The molecule has 1 heterocycles. The van der Waals surface area contributed by atoms with Gasteiger partial charge >= 0.3 is 0 Å². The lowest BCUT2D eigenvalue weighted by Crippen LogP contribution is -2.44. The molecule has 1 aliphatic rings. The molecule has 4 nitrogen and oxygen atoms in total. The Hall–Kier alpha value is -0.610. The average Bonchev–Trinajstić information content (AvgIpc) is 2.58. The van der Waals surface area contributed by atoms with Gasteiger partial charge in [-0.05, 0) is 32.7 Å². The number of rotatable bonds is 6. The van der Waals surface area contributed by atoms with Crippen molar-refractivity contribution in [3.05, 3.63) is 0 Å². The van der Waals surface area contributed by atoms with Crippen LogP contribution < -0.4 is 5.32 Å². The average molecular weight is 214 g/mol. The van der Waals surface area contributed by atoms with Crippen molar-refractivity contribution in [2.45, 2.75) is 39.3 Å². The van der Waals surface area contributed by atoms with E-state index >= 15 is 0 Å². The molecule has 4 heteroatoms. The summed E-state index contributed by atoms with van der Waals surface area (Å²) >= 11 is 0. The van der Waals surface area contributed by atoms with Crippen molar-refractivity contribution in [1.82, 2.24) is 10.2 Å². The number of hydrogen-bond acceptors (Lipinski definition) is 4. The highest BCUT2D eigenvalue weighted by molar-refractivity contribution is 5.36. The summed E-state index contributed by atoms with van der Waals surface area (Å²) in [7, 11) is 0. The van der Waals surface area contributed by atoms with E-state index in [0.717, 1.165) is 13.1 Å². The van der Waals surface area contributed by atoms with E-state index in [-0.39, 0.29) is 0 Å². The maximum Gasteiger partial charge on any atom is 0.294 e. The molecule has 0 radical (unpaired) electrons. The van der Waals surface area contributed by atoms with Crippen molar-refractivity contribution < 1.29 is 9.53 Å². The first-order valence-electron chi connectivity index (χ1n) is 5.67. The minimum atomic E-state index is 0.395. The first kappa shape index (κ1) is 12.5. The van der Waals surface area contributed by atoms with Gasteiger partial charge in [-0.3, -0.25) is 9.69 Å². The van der Waals surface area contributed by atoms with Gasteiger partial charge in [-0.25, -0.2) is 0 Å². The van der Waals surface area contributed by atoms with Gasteiger partial charge in [-0.2, -0.15) is 0 Å². The SMILES string of the molecule is CC1CCNC1CN(COC=O)C(C)C. The van der Waals surface area contributed by atoms with Crippen LogP contribution in [0.1, 0.15) is 27.2 Å². The lowest BCUT2D eigenvalue weighted by molar-refractivity contribution is -0.134. The second kappa shape index (κ2) is 6.08. The molecule has 1 rings (SSSR count). The monoisotopic (exact) mass is 214 g/mol. The first-order chi connectivity index (χ1) is 7.15. The van der Waals surface area contributed by atoms with Crippen molar-refractivity contribution >= 4 is 6.47 Å². The van der Waals surface area contributed by atoms with Crippen LogP contribution in [0.25, 0.3) is 0 Å². The molecule has 0 aromatic heterocycles. The number of nitrogens with zero attached hydrogens (tertiary/aromatic N) is 1. The first-order valence-corrected chi connectivity index (χ1v) is 5.67. The lowest BCUT2D eigenvalue weighted by Gasteiger charge is -2.29. The number of ether oxygens (including phenoxy) is 1. The zero-order valence-corrected chi connectivity index (χ0v) is 9.90. The van der Waals surface area contributed by atoms with Gasteiger partial charge in [0.25, 0.3) is 6.47 Å². The van der Waals surface area contributed by atoms with Gasteiger partial charge in [-0.1, -0.05) is 6.92 Å². The van der Waals surface area contributed by atoms with E-state index in [1.807, 2.05) is 0 Å². The molecule has 88 valence electrons. The summed E-state index contributed by atoms with van der Waals surface area (Å²) in [6.45, 7) is 9.47. The van der Waals surface area contributed by atoms with Gasteiger partial charge in [0.05, 0.1) is 0 Å². The molecular weight excluding hydrogens is 192 g/mol. The maximum absolute atomic E-state index is 10.2. The maximum atomic E-state index is 10.2. The minimum absolute atomic E-state index is 0.395. The second-order valence-electron chi connectivity index (χ2n) is 4.58. The summed E-state index contributed by atoms with van der Waals surface area (Å²) in [6.07, 6.45) is 1.24. The quantitative estimate of drug-likeness (QED) is 0.525. The predicted octanol–water partition coefficient (Wildman–Crippen LogP) is 0.825. The van der Waals surface area contributed by atoms with E-state index in [4.69, 9.17) is 4.74 Å². The zero-order chi connectivity index (χ0) is 11.3. The van der Waals surface area contributed by atoms with Crippen LogP contribution in [-0.2, 0) is 9.53 Å². The molecule has 0 amide bonds. The van der Waals surface area contributed by atoms with Crippen molar-refractivity contribution in [2.75, 3.05) is 19.8 Å². The van der Waals surface area contributed by atoms with Crippen molar-refractivity contribution in [3.63, 3.8) is 0 Å². The lowest BCUT2D eigenvalue weighted by atomic mass is 10.0. The van der Waals surface area contributed by atoms with E-state index in [0.29, 0.717) is 31.2 Å². The molecule has 0 bridgehead atoms. The van der Waals surface area contributed by atoms with Crippen LogP contribution in [0.2, 0.25) is 0 Å². The van der Waals surface area contributed by atoms with E-state index < -0.39 is 0 Å². The smallest absolute Gasteiger partial charge is 0.294 e. The molecule has 0 saturated carbocycles. The van der Waals surface area contributed by atoms with Crippen LogP contribution >= 0.6 is 0 Å². The number of hydrogen-bond donors (Lipinski definition) is 1. The van der Waals surface area contributed by atoms with Crippen LogP contribution in [0.4, 0.5) is 0 Å². The Balaban J connectivity index is 2.39. The Morgan fingerprint density at radius 2 is 2.33 bits per heavy atom. The normalized spacial score (nSPS) is 26.2. The molecule has 0 aromatic carbocycles. The molecule has 0 aliphatic carbocycles. The fraction of sp³-hybridized carbons (Fsp3) is 0.909. The van der Waals surface area contributed by atoms with Crippen LogP contribution in [-0.4, -0.2) is 43.3 Å². The van der Waals surface area contributed by atoms with E-state index in [9.17, 15) is 4.79 Å². The molecule has 1 aliphatic heterocycles. The topological polar surface area (TPSA) is 41.6 Å². The standard InChI is InChI=1S/C11H22N2O2/c1-9(2)13(7-15-8-14)6-11-10(3)4-5-12-11/h8-12H,4-7H2,1-3H3. The summed E-state index contributed by atoms with van der Waals surface area (Å²) in [5.74, 6) is 0.711. The second-order valence-corrected chi connectivity index (χ2v) is 4.58.